The van der Waals surface area contributed by atoms with Crippen molar-refractivity contribution in [3.8, 4) is 0 Å². The fraction of sp³-hybridized carbons (Fsp3) is 0. The van der Waals surface area contributed by atoms with E-state index >= 15 is 0 Å². The molecule has 0 N–H and O–H groups in total. The van der Waals surface area contributed by atoms with Gasteiger partial charge in [-0.05, 0) is 6.08 Å². The quantitative estimate of drug-likeness (QED) is 0.281. The van der Waals surface area contributed by atoms with Crippen molar-refractivity contribution < 1.29 is 4.43 Å². The fourth-order valence-corrected chi connectivity index (χ4v) is 0.125. The molecule has 31 valence electrons. The van der Waals surface area contributed by atoms with E-state index in [0.717, 1.165) is 0 Å². The highest BCUT2D eigenvalue weighted by molar-refractivity contribution is 5.98. The van der Waals surface area contributed by atoms with Crippen LogP contribution in [0.5, 0.6) is 0 Å². The lowest BCUT2D eigenvalue weighted by atomic mass is 10.6. The second kappa shape index (κ2) is 2.72. The van der Waals surface area contributed by atoms with Crippen molar-refractivity contribution in [3.63, 3.8) is 0 Å². The highest BCUT2D eigenvalue weighted by Crippen LogP contribution is 1.85. The molecule has 0 saturated heterocycles. The number of rotatable bonds is 2. The minimum Gasteiger partial charge on any atom is -0.541 e. The van der Waals surface area contributed by atoms with Gasteiger partial charge in [-0.3, -0.25) is 0 Å². The Morgan fingerprint density at radius 2 is 2.33 bits per heavy atom. The molecule has 0 aromatic heterocycles. The van der Waals surface area contributed by atoms with E-state index in [1.807, 2.05) is 0 Å². The van der Waals surface area contributed by atoms with Crippen molar-refractivity contribution in [1.82, 2.24) is 0 Å². The molecule has 0 unspecified atom stereocenters. The molecule has 0 aliphatic heterocycles. The summed E-state index contributed by atoms with van der Waals surface area (Å²) in [5, 5.41) is 0. The fourth-order valence-electron chi connectivity index (χ4n) is 0.0417. The molecule has 0 amide bonds. The first-order chi connectivity index (χ1) is 2.81. The van der Waals surface area contributed by atoms with Crippen LogP contribution < -0.4 is 0 Å². The Kier molecular flexibility index (Phi) is 2.49. The van der Waals surface area contributed by atoms with Crippen LogP contribution in [0.2, 0.25) is 0 Å². The Labute approximate surface area is 40.9 Å². The van der Waals surface area contributed by atoms with Gasteiger partial charge in [0.2, 0.25) is 0 Å². The molecule has 0 heterocycles. The average Bonchev–Trinajstić information content (AvgIpc) is 1.65. The van der Waals surface area contributed by atoms with E-state index in [-0.39, 0.29) is 0 Å². The Morgan fingerprint density at radius 3 is 2.33 bits per heavy atom. The van der Waals surface area contributed by atoms with Gasteiger partial charge in [0.15, 0.2) is 0 Å². The minimum absolute atomic E-state index is 0.520. The van der Waals surface area contributed by atoms with E-state index in [0.29, 0.717) is 5.76 Å². The smallest absolute Gasteiger partial charge is 0.341 e. The molecule has 3 radical (unpaired) electrons. The van der Waals surface area contributed by atoms with Crippen molar-refractivity contribution in [2.24, 2.45) is 0 Å². The van der Waals surface area contributed by atoms with Crippen LogP contribution in [0.1, 0.15) is 0 Å². The lowest BCUT2D eigenvalue weighted by molar-refractivity contribution is 0.496. The van der Waals surface area contributed by atoms with Crippen molar-refractivity contribution in [2.75, 3.05) is 0 Å². The van der Waals surface area contributed by atoms with E-state index < -0.39 is 0 Å². The third-order valence-corrected chi connectivity index (χ3v) is 0.621. The van der Waals surface area contributed by atoms with E-state index in [9.17, 15) is 0 Å². The summed E-state index contributed by atoms with van der Waals surface area (Å²) in [6.07, 6.45) is 1.51. The predicted molar refractivity (Wildman–Crippen MR) is 26.2 cm³/mol. The van der Waals surface area contributed by atoms with E-state index in [1.54, 1.807) is 0 Å². The molecule has 0 atom stereocenters. The van der Waals surface area contributed by atoms with Gasteiger partial charge >= 0.3 is 10.5 Å². The number of hydrogen-bond donors (Lipinski definition) is 0. The van der Waals surface area contributed by atoms with E-state index in [1.165, 1.54) is 6.08 Å². The zero-order valence-electron chi connectivity index (χ0n) is 3.40. The molecule has 0 aromatic rings. The highest BCUT2D eigenvalue weighted by atomic mass is 28.2. The van der Waals surface area contributed by atoms with Crippen LogP contribution in [0.15, 0.2) is 25.0 Å². The maximum absolute atomic E-state index is 4.39. The number of hydrogen-bond acceptors (Lipinski definition) is 1. The Hall–Kier alpha value is -0.503. The van der Waals surface area contributed by atoms with Crippen molar-refractivity contribution in [3.05, 3.63) is 25.0 Å². The van der Waals surface area contributed by atoms with Crippen molar-refractivity contribution in [1.29, 1.82) is 0 Å². The second-order valence-corrected chi connectivity index (χ2v) is 0.977. The van der Waals surface area contributed by atoms with Gasteiger partial charge in [0.1, 0.15) is 0 Å². The summed E-state index contributed by atoms with van der Waals surface area (Å²) >= 11 is 0. The Bertz CT molecular complexity index is 67.9. The topological polar surface area (TPSA) is 9.23 Å². The van der Waals surface area contributed by atoms with Gasteiger partial charge < -0.3 is 4.43 Å². The third kappa shape index (κ3) is 1.78. The van der Waals surface area contributed by atoms with Crippen LogP contribution in [-0.2, 0) is 4.43 Å². The molecule has 6 heavy (non-hydrogen) atoms. The molecule has 0 saturated carbocycles. The van der Waals surface area contributed by atoms with Gasteiger partial charge in [0.05, 0.1) is 5.76 Å². The van der Waals surface area contributed by atoms with Gasteiger partial charge in [0.25, 0.3) is 0 Å². The monoisotopic (exact) mass is 97.0 g/mol. The SMILES string of the molecule is C=CC(=C)O[Si]. The van der Waals surface area contributed by atoms with Crippen LogP contribution in [0.3, 0.4) is 0 Å². The maximum Gasteiger partial charge on any atom is 0.341 e. The van der Waals surface area contributed by atoms with Crippen molar-refractivity contribution >= 4 is 10.5 Å². The molecular weight excluding hydrogens is 92.1 g/mol. The van der Waals surface area contributed by atoms with E-state index in [4.69, 9.17) is 0 Å². The standard InChI is InChI=1S/C4H5OSi/c1-3-4(2)5-6/h3H,1-2H2. The van der Waals surface area contributed by atoms with Crippen LogP contribution in [0.4, 0.5) is 0 Å². The summed E-state index contributed by atoms with van der Waals surface area (Å²) < 4.78 is 4.39. The first kappa shape index (κ1) is 5.50. The third-order valence-electron chi connectivity index (χ3n) is 0.359. The van der Waals surface area contributed by atoms with Gasteiger partial charge in [-0.15, -0.1) is 0 Å². The summed E-state index contributed by atoms with van der Waals surface area (Å²) in [5.41, 5.74) is 0. The minimum atomic E-state index is 0.520. The lowest BCUT2D eigenvalue weighted by Gasteiger charge is -1.90. The summed E-state index contributed by atoms with van der Waals surface area (Å²) in [5.74, 6) is 0.520. The van der Waals surface area contributed by atoms with E-state index in [2.05, 4.69) is 28.1 Å². The van der Waals surface area contributed by atoms with Gasteiger partial charge in [0, 0.05) is 0 Å². The second-order valence-electron chi connectivity index (χ2n) is 0.772. The molecule has 0 aromatic carbocycles. The molecule has 0 fully saturated rings. The lowest BCUT2D eigenvalue weighted by Crippen LogP contribution is -1.75. The molecule has 0 aliphatic carbocycles. The summed E-state index contributed by atoms with van der Waals surface area (Å²) in [7, 11) is 2.75. The van der Waals surface area contributed by atoms with Gasteiger partial charge in [-0.2, -0.15) is 0 Å². The Morgan fingerprint density at radius 1 is 1.83 bits per heavy atom. The first-order valence-corrected chi connectivity index (χ1v) is 1.87. The van der Waals surface area contributed by atoms with Crippen LogP contribution in [0, 0.1) is 0 Å². The molecule has 0 bridgehead atoms. The van der Waals surface area contributed by atoms with Crippen LogP contribution >= 0.6 is 0 Å². The Balaban J connectivity index is 3.23. The van der Waals surface area contributed by atoms with Gasteiger partial charge in [-0.25, -0.2) is 0 Å². The summed E-state index contributed by atoms with van der Waals surface area (Å²) in [6.45, 7) is 6.78. The molecule has 0 rings (SSSR count). The average molecular weight is 97.2 g/mol. The largest absolute Gasteiger partial charge is 0.541 e. The molecule has 2 heteroatoms. The van der Waals surface area contributed by atoms with Crippen LogP contribution in [-0.4, -0.2) is 10.5 Å². The summed E-state index contributed by atoms with van der Waals surface area (Å²) in [4.78, 5) is 0. The molecule has 1 nitrogen and oxygen atoms in total. The predicted octanol–water partition coefficient (Wildman–Crippen LogP) is 0.786. The van der Waals surface area contributed by atoms with Crippen molar-refractivity contribution in [2.45, 2.75) is 0 Å². The first-order valence-electron chi connectivity index (χ1n) is 1.46. The highest BCUT2D eigenvalue weighted by Gasteiger charge is 1.72. The summed E-state index contributed by atoms with van der Waals surface area (Å²) in [6, 6.07) is 0. The van der Waals surface area contributed by atoms with Crippen LogP contribution in [0.25, 0.3) is 0 Å². The normalized spacial score (nSPS) is 6.83. The molecule has 0 aliphatic rings. The zero-order valence-corrected chi connectivity index (χ0v) is 4.40. The molecular formula is C4H5OSi. The number of allylic oxidation sites excluding steroid dienone is 1. The molecule has 0 spiro atoms. The zero-order chi connectivity index (χ0) is 4.99. The maximum atomic E-state index is 4.39. The van der Waals surface area contributed by atoms with Gasteiger partial charge in [-0.1, -0.05) is 13.2 Å².